The monoisotopic (exact) mass is 366 g/mol. The molecule has 0 N–H and O–H groups in total. The Morgan fingerprint density at radius 3 is 2.91 bits per heavy atom. The molecule has 0 aromatic heterocycles. The van der Waals surface area contributed by atoms with Crippen LogP contribution in [0.3, 0.4) is 0 Å². The summed E-state index contributed by atoms with van der Waals surface area (Å²) in [5, 5.41) is 0. The lowest BCUT2D eigenvalue weighted by atomic mass is 10.1. The molecule has 0 fully saturated rings. The Kier molecular flexibility index (Phi) is 5.38. The van der Waals surface area contributed by atoms with Gasteiger partial charge < -0.3 is 14.2 Å². The minimum atomic E-state index is -0.572. The Labute approximate surface area is 136 Å². The SMILES string of the molecule is C=CCC(=O)OCC1C=C(c2ccc(OC)c(Br)c2)C(=O)O1. The number of methoxy groups -OCH3 is 1. The predicted molar refractivity (Wildman–Crippen MR) is 84.3 cm³/mol. The maximum atomic E-state index is 11.9. The minimum Gasteiger partial charge on any atom is -0.496 e. The van der Waals surface area contributed by atoms with Gasteiger partial charge in [0.15, 0.2) is 6.10 Å². The molecule has 1 aromatic rings. The van der Waals surface area contributed by atoms with Gasteiger partial charge in [-0.15, -0.1) is 6.58 Å². The normalized spacial score (nSPS) is 16.7. The van der Waals surface area contributed by atoms with Crippen LogP contribution >= 0.6 is 15.9 Å². The largest absolute Gasteiger partial charge is 0.496 e. The average molecular weight is 367 g/mol. The highest BCUT2D eigenvalue weighted by Crippen LogP contribution is 2.31. The summed E-state index contributed by atoms with van der Waals surface area (Å²) in [4.78, 5) is 23.2. The van der Waals surface area contributed by atoms with E-state index in [4.69, 9.17) is 14.2 Å². The smallest absolute Gasteiger partial charge is 0.339 e. The maximum Gasteiger partial charge on any atom is 0.339 e. The van der Waals surface area contributed by atoms with Crippen molar-refractivity contribution in [1.82, 2.24) is 0 Å². The van der Waals surface area contributed by atoms with Crippen molar-refractivity contribution in [2.45, 2.75) is 12.5 Å². The molecule has 0 saturated heterocycles. The van der Waals surface area contributed by atoms with Crippen molar-refractivity contribution in [3.05, 3.63) is 47.0 Å². The van der Waals surface area contributed by atoms with Gasteiger partial charge in [0.25, 0.3) is 0 Å². The van der Waals surface area contributed by atoms with E-state index in [1.54, 1.807) is 31.4 Å². The number of halogens is 1. The van der Waals surface area contributed by atoms with Crippen LogP contribution in [-0.4, -0.2) is 31.8 Å². The highest BCUT2D eigenvalue weighted by Gasteiger charge is 2.27. The summed E-state index contributed by atoms with van der Waals surface area (Å²) in [5.74, 6) is -0.174. The van der Waals surface area contributed by atoms with E-state index >= 15 is 0 Å². The van der Waals surface area contributed by atoms with Crippen LogP contribution in [0.1, 0.15) is 12.0 Å². The molecule has 0 saturated carbocycles. The van der Waals surface area contributed by atoms with Crippen molar-refractivity contribution < 1.29 is 23.8 Å². The van der Waals surface area contributed by atoms with E-state index in [2.05, 4.69) is 22.5 Å². The molecule has 22 heavy (non-hydrogen) atoms. The van der Waals surface area contributed by atoms with Gasteiger partial charge in [0.1, 0.15) is 12.4 Å². The molecule has 1 heterocycles. The maximum absolute atomic E-state index is 11.9. The molecule has 6 heteroatoms. The van der Waals surface area contributed by atoms with Gasteiger partial charge in [0.2, 0.25) is 0 Å². The summed E-state index contributed by atoms with van der Waals surface area (Å²) in [6, 6.07) is 5.30. The molecule has 1 aliphatic rings. The second-order valence-electron chi connectivity index (χ2n) is 4.55. The average Bonchev–Trinajstić information content (AvgIpc) is 2.86. The molecular formula is C16H15BrO5. The number of cyclic esters (lactones) is 1. The van der Waals surface area contributed by atoms with Gasteiger partial charge in [-0.3, -0.25) is 4.79 Å². The van der Waals surface area contributed by atoms with E-state index in [1.807, 2.05) is 0 Å². The number of benzene rings is 1. The highest BCUT2D eigenvalue weighted by atomic mass is 79.9. The molecule has 0 radical (unpaired) electrons. The zero-order valence-electron chi connectivity index (χ0n) is 12.0. The van der Waals surface area contributed by atoms with E-state index in [1.165, 1.54) is 6.08 Å². The van der Waals surface area contributed by atoms with Crippen LogP contribution in [0.5, 0.6) is 5.75 Å². The fourth-order valence-corrected chi connectivity index (χ4v) is 2.51. The lowest BCUT2D eigenvalue weighted by Gasteiger charge is -2.08. The zero-order valence-corrected chi connectivity index (χ0v) is 13.6. The van der Waals surface area contributed by atoms with E-state index in [-0.39, 0.29) is 13.0 Å². The first-order valence-electron chi connectivity index (χ1n) is 6.58. The number of rotatable bonds is 6. The van der Waals surface area contributed by atoms with Crippen LogP contribution in [0.15, 0.2) is 41.4 Å². The Bertz CT molecular complexity index is 635. The van der Waals surface area contributed by atoms with Gasteiger partial charge in [-0.1, -0.05) is 12.1 Å². The first kappa shape index (κ1) is 16.3. The summed E-state index contributed by atoms with van der Waals surface area (Å²) in [7, 11) is 1.57. The van der Waals surface area contributed by atoms with Gasteiger partial charge in [0.05, 0.1) is 23.6 Å². The van der Waals surface area contributed by atoms with Crippen molar-refractivity contribution >= 4 is 33.4 Å². The van der Waals surface area contributed by atoms with Crippen molar-refractivity contribution in [1.29, 1.82) is 0 Å². The molecule has 1 unspecified atom stereocenters. The van der Waals surface area contributed by atoms with E-state index in [9.17, 15) is 9.59 Å². The minimum absolute atomic E-state index is 0.000756. The number of esters is 2. The first-order valence-corrected chi connectivity index (χ1v) is 7.37. The fraction of sp³-hybridized carbons (Fsp3) is 0.250. The number of hydrogen-bond donors (Lipinski definition) is 0. The van der Waals surface area contributed by atoms with Crippen LogP contribution in [-0.2, 0) is 19.1 Å². The topological polar surface area (TPSA) is 61.8 Å². The van der Waals surface area contributed by atoms with E-state index < -0.39 is 18.0 Å². The van der Waals surface area contributed by atoms with Crippen molar-refractivity contribution in [3.8, 4) is 5.75 Å². The van der Waals surface area contributed by atoms with E-state index in [0.717, 1.165) is 4.47 Å². The third kappa shape index (κ3) is 3.76. The van der Waals surface area contributed by atoms with E-state index in [0.29, 0.717) is 16.9 Å². The predicted octanol–water partition coefficient (Wildman–Crippen LogP) is 2.89. The number of carbonyl (C=O) groups excluding carboxylic acids is 2. The van der Waals surface area contributed by atoms with Gasteiger partial charge >= 0.3 is 11.9 Å². The third-order valence-electron chi connectivity index (χ3n) is 3.01. The highest BCUT2D eigenvalue weighted by molar-refractivity contribution is 9.10. The van der Waals surface area contributed by atoms with Crippen LogP contribution in [0.2, 0.25) is 0 Å². The van der Waals surface area contributed by atoms with Crippen LogP contribution in [0.25, 0.3) is 5.57 Å². The van der Waals surface area contributed by atoms with Crippen molar-refractivity contribution in [3.63, 3.8) is 0 Å². The quantitative estimate of drug-likeness (QED) is 0.572. The molecule has 1 aromatic carbocycles. The Morgan fingerprint density at radius 2 is 2.27 bits per heavy atom. The fourth-order valence-electron chi connectivity index (χ4n) is 1.97. The molecule has 0 amide bonds. The van der Waals surface area contributed by atoms with Crippen molar-refractivity contribution in [2.75, 3.05) is 13.7 Å². The number of ether oxygens (including phenoxy) is 3. The second-order valence-corrected chi connectivity index (χ2v) is 5.40. The molecular weight excluding hydrogens is 352 g/mol. The van der Waals surface area contributed by atoms with Crippen LogP contribution < -0.4 is 4.74 Å². The standard InChI is InChI=1S/C16H15BrO5/c1-3-4-15(18)21-9-11-8-12(16(19)22-11)10-5-6-14(20-2)13(17)7-10/h3,5-8,11H,1,4,9H2,2H3. The summed E-state index contributed by atoms with van der Waals surface area (Å²) in [6.45, 7) is 3.45. The summed E-state index contributed by atoms with van der Waals surface area (Å²) < 4.78 is 16.1. The third-order valence-corrected chi connectivity index (χ3v) is 3.63. The Hall–Kier alpha value is -2.08. The molecule has 1 atom stereocenters. The summed E-state index contributed by atoms with van der Waals surface area (Å²) in [5.41, 5.74) is 1.14. The molecule has 0 aliphatic carbocycles. The first-order chi connectivity index (χ1) is 10.5. The molecule has 0 bridgehead atoms. The van der Waals surface area contributed by atoms with Gasteiger partial charge in [-0.25, -0.2) is 4.79 Å². The number of carbonyl (C=O) groups is 2. The molecule has 1 aliphatic heterocycles. The second kappa shape index (κ2) is 7.26. The van der Waals surface area contributed by atoms with Gasteiger partial charge in [-0.2, -0.15) is 0 Å². The molecule has 5 nitrogen and oxygen atoms in total. The lowest BCUT2D eigenvalue weighted by Crippen LogP contribution is -2.18. The lowest BCUT2D eigenvalue weighted by molar-refractivity contribution is -0.150. The van der Waals surface area contributed by atoms with Gasteiger partial charge in [-0.05, 0) is 39.7 Å². The zero-order chi connectivity index (χ0) is 16.1. The van der Waals surface area contributed by atoms with Gasteiger partial charge in [0, 0.05) is 0 Å². The van der Waals surface area contributed by atoms with Crippen LogP contribution in [0.4, 0.5) is 0 Å². The summed E-state index contributed by atoms with van der Waals surface area (Å²) in [6.07, 6.45) is 2.66. The molecule has 0 spiro atoms. The molecule has 116 valence electrons. The van der Waals surface area contributed by atoms with Crippen LogP contribution in [0, 0.1) is 0 Å². The Balaban J connectivity index is 2.09. The van der Waals surface area contributed by atoms with Crippen molar-refractivity contribution in [2.24, 2.45) is 0 Å². The summed E-state index contributed by atoms with van der Waals surface area (Å²) >= 11 is 3.37. The Morgan fingerprint density at radius 1 is 1.50 bits per heavy atom. The molecule has 2 rings (SSSR count). The number of hydrogen-bond acceptors (Lipinski definition) is 5.